The molecule has 63 valence electrons. The monoisotopic (exact) mass is 162 g/mol. The van der Waals surface area contributed by atoms with E-state index < -0.39 is 0 Å². The van der Waals surface area contributed by atoms with Gasteiger partial charge in [0.05, 0.1) is 5.69 Å². The van der Waals surface area contributed by atoms with Gasteiger partial charge >= 0.3 is 0 Å². The molecule has 0 fully saturated rings. The van der Waals surface area contributed by atoms with E-state index in [2.05, 4.69) is 6.92 Å². The molecule has 2 nitrogen and oxygen atoms in total. The Balaban J connectivity index is 2.56. The van der Waals surface area contributed by atoms with Crippen molar-refractivity contribution in [2.45, 2.75) is 19.4 Å². The molecule has 1 atom stereocenters. The van der Waals surface area contributed by atoms with E-state index in [9.17, 15) is 0 Å². The van der Waals surface area contributed by atoms with Crippen LogP contribution < -0.4 is 10.5 Å². The minimum atomic E-state index is 0.241. The summed E-state index contributed by atoms with van der Waals surface area (Å²) in [5, 5.41) is 0. The maximum atomic E-state index is 5.75. The van der Waals surface area contributed by atoms with Gasteiger partial charge in [-0.15, -0.1) is 0 Å². The molecular formula is C10H12NO. The molecule has 1 aliphatic heterocycles. The summed E-state index contributed by atoms with van der Waals surface area (Å²) in [5.74, 6) is 0.843. The maximum absolute atomic E-state index is 5.75. The summed E-state index contributed by atoms with van der Waals surface area (Å²) in [4.78, 5) is 0. The first-order valence-electron chi connectivity index (χ1n) is 4.08. The molecule has 2 N–H and O–H groups in total. The quantitative estimate of drug-likeness (QED) is 0.590. The van der Waals surface area contributed by atoms with Crippen LogP contribution in [0.5, 0.6) is 5.75 Å². The number of fused-ring (bicyclic) bond motifs is 1. The lowest BCUT2D eigenvalue weighted by Crippen LogP contribution is -2.05. The van der Waals surface area contributed by atoms with Crippen LogP contribution in [0.15, 0.2) is 12.1 Å². The second-order valence-corrected chi connectivity index (χ2v) is 3.25. The Labute approximate surface area is 72.3 Å². The van der Waals surface area contributed by atoms with Gasteiger partial charge in [0.1, 0.15) is 11.9 Å². The molecule has 1 radical (unpaired) electrons. The predicted molar refractivity (Wildman–Crippen MR) is 49.1 cm³/mol. The molecule has 0 saturated heterocycles. The van der Waals surface area contributed by atoms with E-state index in [0.29, 0.717) is 0 Å². The molecule has 1 aromatic carbocycles. The molecule has 1 heterocycles. The molecule has 1 unspecified atom stereocenters. The third-order valence-corrected chi connectivity index (χ3v) is 2.20. The summed E-state index contributed by atoms with van der Waals surface area (Å²) in [6.07, 6.45) is 1.17. The Morgan fingerprint density at radius 2 is 2.33 bits per heavy atom. The number of nitrogen functional groups attached to an aromatic ring is 1. The van der Waals surface area contributed by atoms with Crippen molar-refractivity contribution in [2.75, 3.05) is 5.73 Å². The SMILES string of the molecule is [CH2]c1ccc(N)c2c1CC(C)O2. The van der Waals surface area contributed by atoms with Crippen LogP contribution >= 0.6 is 0 Å². The first kappa shape index (κ1) is 7.47. The van der Waals surface area contributed by atoms with Crippen LogP contribution in [0.3, 0.4) is 0 Å². The molecule has 0 spiro atoms. The molecule has 0 bridgehead atoms. The zero-order valence-corrected chi connectivity index (χ0v) is 7.13. The average Bonchev–Trinajstić information content (AvgIpc) is 2.41. The van der Waals surface area contributed by atoms with Gasteiger partial charge in [0.15, 0.2) is 0 Å². The summed E-state index contributed by atoms with van der Waals surface area (Å²) in [6, 6.07) is 3.79. The normalized spacial score (nSPS) is 20.3. The fourth-order valence-corrected chi connectivity index (χ4v) is 1.58. The molecule has 1 aromatic rings. The van der Waals surface area contributed by atoms with Crippen LogP contribution in [0.25, 0.3) is 0 Å². The number of hydrogen-bond donors (Lipinski definition) is 1. The highest BCUT2D eigenvalue weighted by Gasteiger charge is 2.22. The van der Waals surface area contributed by atoms with Crippen LogP contribution in [-0.4, -0.2) is 6.10 Å². The third kappa shape index (κ3) is 0.951. The van der Waals surface area contributed by atoms with E-state index in [1.54, 1.807) is 0 Å². The zero-order valence-electron chi connectivity index (χ0n) is 7.13. The van der Waals surface area contributed by atoms with Gasteiger partial charge in [-0.3, -0.25) is 0 Å². The van der Waals surface area contributed by atoms with E-state index in [1.807, 2.05) is 19.1 Å². The maximum Gasteiger partial charge on any atom is 0.146 e. The minimum absolute atomic E-state index is 0.241. The van der Waals surface area contributed by atoms with Crippen LogP contribution in [0.2, 0.25) is 0 Å². The predicted octanol–water partition coefficient (Wildman–Crippen LogP) is 1.77. The topological polar surface area (TPSA) is 35.2 Å². The van der Waals surface area contributed by atoms with Crippen molar-refractivity contribution in [3.8, 4) is 5.75 Å². The largest absolute Gasteiger partial charge is 0.488 e. The van der Waals surface area contributed by atoms with Gasteiger partial charge in [0, 0.05) is 12.0 Å². The van der Waals surface area contributed by atoms with Gasteiger partial charge in [-0.25, -0.2) is 0 Å². The number of benzene rings is 1. The Kier molecular flexibility index (Phi) is 1.50. The second-order valence-electron chi connectivity index (χ2n) is 3.25. The van der Waals surface area contributed by atoms with Crippen molar-refractivity contribution in [3.63, 3.8) is 0 Å². The smallest absolute Gasteiger partial charge is 0.146 e. The van der Waals surface area contributed by atoms with Gasteiger partial charge in [-0.1, -0.05) is 6.07 Å². The number of ether oxygens (including phenoxy) is 1. The number of hydrogen-bond acceptors (Lipinski definition) is 2. The van der Waals surface area contributed by atoms with Gasteiger partial charge in [0.25, 0.3) is 0 Å². The van der Waals surface area contributed by atoms with Crippen LogP contribution in [0.4, 0.5) is 5.69 Å². The van der Waals surface area contributed by atoms with Crippen molar-refractivity contribution in [1.82, 2.24) is 0 Å². The van der Waals surface area contributed by atoms with Gasteiger partial charge in [-0.05, 0) is 25.5 Å². The number of rotatable bonds is 0. The Bertz CT molecular complexity index is 289. The summed E-state index contributed by atoms with van der Waals surface area (Å²) in [6.45, 7) is 5.97. The van der Waals surface area contributed by atoms with Gasteiger partial charge < -0.3 is 10.5 Å². The average molecular weight is 162 g/mol. The van der Waals surface area contributed by atoms with Crippen molar-refractivity contribution in [2.24, 2.45) is 0 Å². The highest BCUT2D eigenvalue weighted by molar-refractivity contribution is 5.61. The van der Waals surface area contributed by atoms with Crippen LogP contribution in [0.1, 0.15) is 18.1 Å². The standard InChI is InChI=1S/C10H12NO/c1-6-3-4-9(11)10-8(6)5-7(2)12-10/h3-4,7H,1,5,11H2,2H3. The molecule has 0 amide bonds. The highest BCUT2D eigenvalue weighted by Crippen LogP contribution is 2.36. The third-order valence-electron chi connectivity index (χ3n) is 2.20. The summed E-state index contributed by atoms with van der Waals surface area (Å²) in [5.41, 5.74) is 8.67. The van der Waals surface area contributed by atoms with E-state index in [0.717, 1.165) is 23.4 Å². The van der Waals surface area contributed by atoms with Crippen molar-refractivity contribution in [1.29, 1.82) is 0 Å². The van der Waals surface area contributed by atoms with Gasteiger partial charge in [-0.2, -0.15) is 0 Å². The molecule has 0 saturated carbocycles. The molecule has 2 heteroatoms. The summed E-state index contributed by atoms with van der Waals surface area (Å²) < 4.78 is 5.55. The Morgan fingerprint density at radius 3 is 3.00 bits per heavy atom. The van der Waals surface area contributed by atoms with E-state index in [1.165, 1.54) is 5.56 Å². The first-order valence-corrected chi connectivity index (χ1v) is 4.08. The van der Waals surface area contributed by atoms with Crippen LogP contribution in [0, 0.1) is 6.92 Å². The van der Waals surface area contributed by atoms with Crippen molar-refractivity contribution < 1.29 is 4.74 Å². The lowest BCUT2D eigenvalue weighted by molar-refractivity contribution is 0.256. The minimum Gasteiger partial charge on any atom is -0.488 e. The first-order chi connectivity index (χ1) is 5.68. The second kappa shape index (κ2) is 2.41. The fourth-order valence-electron chi connectivity index (χ4n) is 1.58. The molecule has 2 rings (SSSR count). The fraction of sp³-hybridized carbons (Fsp3) is 0.300. The number of nitrogens with two attached hydrogens (primary N) is 1. The Hall–Kier alpha value is -1.18. The lowest BCUT2D eigenvalue weighted by atomic mass is 10.0. The lowest BCUT2D eigenvalue weighted by Gasteiger charge is -2.05. The molecule has 1 aliphatic rings. The number of anilines is 1. The van der Waals surface area contributed by atoms with E-state index in [4.69, 9.17) is 10.5 Å². The van der Waals surface area contributed by atoms with Crippen molar-refractivity contribution >= 4 is 5.69 Å². The summed E-state index contributed by atoms with van der Waals surface area (Å²) >= 11 is 0. The Morgan fingerprint density at radius 1 is 1.58 bits per heavy atom. The summed E-state index contributed by atoms with van der Waals surface area (Å²) in [7, 11) is 0. The van der Waals surface area contributed by atoms with Gasteiger partial charge in [0.2, 0.25) is 0 Å². The molecule has 12 heavy (non-hydrogen) atoms. The van der Waals surface area contributed by atoms with E-state index in [-0.39, 0.29) is 6.10 Å². The molecule has 0 aromatic heterocycles. The van der Waals surface area contributed by atoms with Crippen LogP contribution in [-0.2, 0) is 6.42 Å². The van der Waals surface area contributed by atoms with Crippen molar-refractivity contribution in [3.05, 3.63) is 30.2 Å². The molecule has 0 aliphatic carbocycles. The van der Waals surface area contributed by atoms with E-state index >= 15 is 0 Å². The zero-order chi connectivity index (χ0) is 8.72. The highest BCUT2D eigenvalue weighted by atomic mass is 16.5. The molecular weight excluding hydrogens is 150 g/mol.